The molecule has 0 atom stereocenters. The highest BCUT2D eigenvalue weighted by molar-refractivity contribution is 9.09. The van der Waals surface area contributed by atoms with Crippen LogP contribution >= 0.6 is 15.9 Å². The van der Waals surface area contributed by atoms with Crippen LogP contribution in [0.3, 0.4) is 0 Å². The molecule has 0 rings (SSSR count). The molecule has 0 radical (unpaired) electrons. The first-order valence-corrected chi connectivity index (χ1v) is 6.81. The monoisotopic (exact) mass is 278 g/mol. The van der Waals surface area contributed by atoms with Crippen LogP contribution in [-0.2, 0) is 9.47 Å². The summed E-state index contributed by atoms with van der Waals surface area (Å²) in [5, 5.41) is 1.14. The molecule has 0 aliphatic heterocycles. The van der Waals surface area contributed by atoms with E-state index < -0.39 is 0 Å². The van der Waals surface area contributed by atoms with Crippen molar-refractivity contribution in [1.29, 1.82) is 0 Å². The number of hydrogen-bond donors (Lipinski definition) is 0. The van der Waals surface area contributed by atoms with Gasteiger partial charge in [0.2, 0.25) is 0 Å². The zero-order chi connectivity index (χ0) is 11.2. The Morgan fingerprint density at radius 1 is 1.00 bits per heavy atom. The largest absolute Gasteiger partial charge is 0.359 e. The lowest BCUT2D eigenvalue weighted by atomic mass is 10.1. The molecule has 0 bridgehead atoms. The van der Waals surface area contributed by atoms with Crippen LogP contribution in [0.15, 0.2) is 12.2 Å². The molecule has 0 aliphatic rings. The maximum absolute atomic E-state index is 5.16. The molecular formula is C12H23BrO2. The van der Waals surface area contributed by atoms with E-state index in [0.717, 1.165) is 18.4 Å². The molecule has 0 aromatic heterocycles. The van der Waals surface area contributed by atoms with Gasteiger partial charge in [0.15, 0.2) is 0 Å². The Balaban J connectivity index is 2.97. The van der Waals surface area contributed by atoms with Gasteiger partial charge < -0.3 is 9.47 Å². The van der Waals surface area contributed by atoms with Crippen LogP contribution in [0.4, 0.5) is 0 Å². The van der Waals surface area contributed by atoms with Crippen LogP contribution in [0.1, 0.15) is 38.5 Å². The van der Waals surface area contributed by atoms with Crippen molar-refractivity contribution in [2.24, 2.45) is 0 Å². The minimum atomic E-state index is 0.403. The van der Waals surface area contributed by atoms with Crippen molar-refractivity contribution in [2.75, 3.05) is 25.8 Å². The van der Waals surface area contributed by atoms with Gasteiger partial charge in [-0.1, -0.05) is 40.9 Å². The zero-order valence-electron chi connectivity index (χ0n) is 9.71. The van der Waals surface area contributed by atoms with Gasteiger partial charge in [0, 0.05) is 12.4 Å². The molecule has 0 fully saturated rings. The molecule has 0 aliphatic carbocycles. The van der Waals surface area contributed by atoms with E-state index in [-0.39, 0.29) is 0 Å². The highest BCUT2D eigenvalue weighted by Gasteiger charge is 1.87. The first-order valence-electron chi connectivity index (χ1n) is 5.69. The molecule has 0 saturated heterocycles. The lowest BCUT2D eigenvalue weighted by molar-refractivity contribution is -0.0285. The van der Waals surface area contributed by atoms with Crippen molar-refractivity contribution in [3.8, 4) is 0 Å². The molecule has 0 aromatic rings. The number of allylic oxidation sites excluding steroid dienone is 1. The van der Waals surface area contributed by atoms with E-state index in [9.17, 15) is 0 Å². The molecule has 90 valence electrons. The van der Waals surface area contributed by atoms with E-state index in [4.69, 9.17) is 9.47 Å². The summed E-state index contributed by atoms with van der Waals surface area (Å²) in [6.45, 7) is 1.16. The summed E-state index contributed by atoms with van der Waals surface area (Å²) in [6, 6.07) is 0. The van der Waals surface area contributed by atoms with E-state index >= 15 is 0 Å². The van der Waals surface area contributed by atoms with Crippen molar-refractivity contribution in [3.05, 3.63) is 12.2 Å². The van der Waals surface area contributed by atoms with Crippen molar-refractivity contribution in [1.82, 2.24) is 0 Å². The van der Waals surface area contributed by atoms with Crippen LogP contribution in [0.5, 0.6) is 0 Å². The van der Waals surface area contributed by atoms with E-state index in [1.807, 2.05) is 0 Å². The fourth-order valence-corrected chi connectivity index (χ4v) is 1.64. The Morgan fingerprint density at radius 3 is 2.47 bits per heavy atom. The maximum Gasteiger partial charge on any atom is 0.146 e. The van der Waals surface area contributed by atoms with Crippen LogP contribution in [0, 0.1) is 0 Å². The minimum absolute atomic E-state index is 0.403. The predicted octanol–water partition coefficient (Wildman–Crippen LogP) is 3.90. The molecule has 2 nitrogen and oxygen atoms in total. The number of alkyl halides is 1. The second kappa shape index (κ2) is 14.1. The lowest BCUT2D eigenvalue weighted by Gasteiger charge is -1.98. The SMILES string of the molecule is COCOCCC=CCCCCCCBr. The number of unbranched alkanes of at least 4 members (excludes halogenated alkanes) is 4. The third-order valence-corrected chi connectivity index (χ3v) is 2.61. The van der Waals surface area contributed by atoms with Gasteiger partial charge in [-0.05, 0) is 25.7 Å². The Kier molecular flexibility index (Phi) is 14.3. The number of methoxy groups -OCH3 is 1. The summed E-state index contributed by atoms with van der Waals surface area (Å²) < 4.78 is 9.94. The summed E-state index contributed by atoms with van der Waals surface area (Å²) in [4.78, 5) is 0. The van der Waals surface area contributed by atoms with Crippen LogP contribution < -0.4 is 0 Å². The molecule has 0 unspecified atom stereocenters. The van der Waals surface area contributed by atoms with Gasteiger partial charge in [-0.3, -0.25) is 0 Å². The topological polar surface area (TPSA) is 18.5 Å². The Hall–Kier alpha value is 0.140. The highest BCUT2D eigenvalue weighted by Crippen LogP contribution is 2.05. The average Bonchev–Trinajstić information content (AvgIpc) is 2.26. The summed E-state index contributed by atoms with van der Waals surface area (Å²) in [5.74, 6) is 0. The normalized spacial score (nSPS) is 11.3. The van der Waals surface area contributed by atoms with Crippen LogP contribution in [0.2, 0.25) is 0 Å². The summed E-state index contributed by atoms with van der Waals surface area (Å²) in [7, 11) is 1.64. The highest BCUT2D eigenvalue weighted by atomic mass is 79.9. The van der Waals surface area contributed by atoms with Crippen molar-refractivity contribution in [2.45, 2.75) is 38.5 Å². The fraction of sp³-hybridized carbons (Fsp3) is 0.833. The minimum Gasteiger partial charge on any atom is -0.359 e. The smallest absolute Gasteiger partial charge is 0.146 e. The standard InChI is InChI=1S/C12H23BrO2/c1-14-12-15-11-9-7-5-3-2-4-6-8-10-13/h5,7H,2-4,6,8-12H2,1H3. The van der Waals surface area contributed by atoms with E-state index in [2.05, 4.69) is 28.1 Å². The number of halogens is 1. The molecule has 0 aromatic carbocycles. The average molecular weight is 279 g/mol. The van der Waals surface area contributed by atoms with Gasteiger partial charge >= 0.3 is 0 Å². The molecule has 15 heavy (non-hydrogen) atoms. The van der Waals surface area contributed by atoms with Gasteiger partial charge in [-0.2, -0.15) is 0 Å². The van der Waals surface area contributed by atoms with Gasteiger partial charge in [0.05, 0.1) is 6.61 Å². The first kappa shape index (κ1) is 15.1. The quantitative estimate of drug-likeness (QED) is 0.247. The third kappa shape index (κ3) is 14.1. The third-order valence-electron chi connectivity index (χ3n) is 2.05. The second-order valence-corrected chi connectivity index (χ2v) is 4.26. The first-order chi connectivity index (χ1) is 7.41. The molecule has 0 spiro atoms. The lowest BCUT2D eigenvalue weighted by Crippen LogP contribution is -1.96. The molecule has 0 N–H and O–H groups in total. The number of rotatable bonds is 11. The Labute approximate surface area is 102 Å². The molecule has 0 saturated carbocycles. The number of ether oxygens (including phenoxy) is 2. The Bertz CT molecular complexity index is 138. The number of hydrogen-bond acceptors (Lipinski definition) is 2. The summed E-state index contributed by atoms with van der Waals surface area (Å²) in [5.41, 5.74) is 0. The fourth-order valence-electron chi connectivity index (χ4n) is 1.24. The van der Waals surface area contributed by atoms with E-state index in [1.54, 1.807) is 7.11 Å². The summed E-state index contributed by atoms with van der Waals surface area (Å²) in [6.07, 6.45) is 11.9. The zero-order valence-corrected chi connectivity index (χ0v) is 11.3. The van der Waals surface area contributed by atoms with Crippen LogP contribution in [-0.4, -0.2) is 25.8 Å². The van der Waals surface area contributed by atoms with Gasteiger partial charge in [0.1, 0.15) is 6.79 Å². The molecule has 3 heteroatoms. The maximum atomic E-state index is 5.16. The van der Waals surface area contributed by atoms with Gasteiger partial charge in [0.25, 0.3) is 0 Å². The van der Waals surface area contributed by atoms with E-state index in [1.165, 1.54) is 32.1 Å². The molecule has 0 heterocycles. The van der Waals surface area contributed by atoms with Gasteiger partial charge in [-0.25, -0.2) is 0 Å². The van der Waals surface area contributed by atoms with Crippen LogP contribution in [0.25, 0.3) is 0 Å². The summed E-state index contributed by atoms with van der Waals surface area (Å²) >= 11 is 3.44. The van der Waals surface area contributed by atoms with Crippen molar-refractivity contribution < 1.29 is 9.47 Å². The molecular weight excluding hydrogens is 256 g/mol. The van der Waals surface area contributed by atoms with Crippen molar-refractivity contribution in [3.63, 3.8) is 0 Å². The van der Waals surface area contributed by atoms with Crippen molar-refractivity contribution >= 4 is 15.9 Å². The van der Waals surface area contributed by atoms with E-state index in [0.29, 0.717) is 6.79 Å². The molecule has 0 amide bonds. The van der Waals surface area contributed by atoms with Gasteiger partial charge in [-0.15, -0.1) is 0 Å². The second-order valence-electron chi connectivity index (χ2n) is 3.47. The predicted molar refractivity (Wildman–Crippen MR) is 68.5 cm³/mol. The Morgan fingerprint density at radius 2 is 1.73 bits per heavy atom.